The standard InChI is InChI=1S/C25H28F4N4O2/c1-31-12-14-32(15-13-31)20-6-7-22(21(16-20)25(27,28)29)30-23(34)17-8-10-33(11-9-17)24(35)18-2-4-19(26)5-3-18/h2-7,16-17H,8-15H2,1H3,(H,30,34). The molecule has 0 spiro atoms. The number of carbonyl (C=O) groups excluding carboxylic acids is 2. The Bertz CT molecular complexity index is 1060. The van der Waals surface area contributed by atoms with Gasteiger partial charge in [-0.1, -0.05) is 0 Å². The highest BCUT2D eigenvalue weighted by Gasteiger charge is 2.36. The van der Waals surface area contributed by atoms with Crippen LogP contribution in [0.15, 0.2) is 42.5 Å². The monoisotopic (exact) mass is 492 g/mol. The second kappa shape index (κ2) is 10.2. The third-order valence-electron chi connectivity index (χ3n) is 6.68. The molecule has 0 bridgehead atoms. The molecule has 2 fully saturated rings. The summed E-state index contributed by atoms with van der Waals surface area (Å²) in [6.07, 6.45) is -3.95. The predicted molar refractivity (Wildman–Crippen MR) is 125 cm³/mol. The minimum atomic E-state index is -4.61. The molecule has 2 amide bonds. The lowest BCUT2D eigenvalue weighted by molar-refractivity contribution is -0.137. The average molecular weight is 493 g/mol. The zero-order valence-corrected chi connectivity index (χ0v) is 19.4. The van der Waals surface area contributed by atoms with Crippen molar-refractivity contribution >= 4 is 23.2 Å². The summed E-state index contributed by atoms with van der Waals surface area (Å²) in [4.78, 5) is 31.0. The van der Waals surface area contributed by atoms with Crippen molar-refractivity contribution in [1.82, 2.24) is 9.80 Å². The van der Waals surface area contributed by atoms with Crippen LogP contribution in [-0.2, 0) is 11.0 Å². The van der Waals surface area contributed by atoms with E-state index in [0.29, 0.717) is 50.3 Å². The lowest BCUT2D eigenvalue weighted by Crippen LogP contribution is -2.44. The number of rotatable bonds is 4. The topological polar surface area (TPSA) is 55.9 Å². The van der Waals surface area contributed by atoms with Gasteiger partial charge >= 0.3 is 6.18 Å². The fraction of sp³-hybridized carbons (Fsp3) is 0.440. The van der Waals surface area contributed by atoms with E-state index in [0.717, 1.165) is 19.2 Å². The Morgan fingerprint density at radius 1 is 0.914 bits per heavy atom. The van der Waals surface area contributed by atoms with Crippen molar-refractivity contribution in [3.05, 3.63) is 59.4 Å². The molecule has 2 aliphatic rings. The van der Waals surface area contributed by atoms with Crippen molar-refractivity contribution in [2.45, 2.75) is 19.0 Å². The summed E-state index contributed by atoms with van der Waals surface area (Å²) in [6.45, 7) is 3.39. The minimum absolute atomic E-state index is 0.259. The van der Waals surface area contributed by atoms with Crippen LogP contribution in [0, 0.1) is 11.7 Å². The third kappa shape index (κ3) is 5.93. The first-order chi connectivity index (χ1) is 16.6. The lowest BCUT2D eigenvalue weighted by Gasteiger charge is -2.34. The third-order valence-corrected chi connectivity index (χ3v) is 6.68. The van der Waals surface area contributed by atoms with E-state index in [1.807, 2.05) is 11.9 Å². The Morgan fingerprint density at radius 2 is 1.54 bits per heavy atom. The van der Waals surface area contributed by atoms with Crippen molar-refractivity contribution in [3.8, 4) is 0 Å². The molecular formula is C25H28F4N4O2. The van der Waals surface area contributed by atoms with Gasteiger partial charge in [0, 0.05) is 56.4 Å². The molecule has 10 heteroatoms. The van der Waals surface area contributed by atoms with Gasteiger partial charge in [0.25, 0.3) is 5.91 Å². The maximum absolute atomic E-state index is 13.8. The van der Waals surface area contributed by atoms with Gasteiger partial charge < -0.3 is 20.0 Å². The molecule has 0 aromatic heterocycles. The van der Waals surface area contributed by atoms with Crippen LogP contribution in [-0.4, -0.2) is 67.9 Å². The number of likely N-dealkylation sites (N-methyl/N-ethyl adjacent to an activating group) is 1. The summed E-state index contributed by atoms with van der Waals surface area (Å²) in [5.41, 5.74) is -0.294. The van der Waals surface area contributed by atoms with Crippen molar-refractivity contribution < 1.29 is 27.2 Å². The number of hydrogen-bond donors (Lipinski definition) is 1. The van der Waals surface area contributed by atoms with Crippen LogP contribution < -0.4 is 10.2 Å². The van der Waals surface area contributed by atoms with Crippen LogP contribution in [0.4, 0.5) is 28.9 Å². The van der Waals surface area contributed by atoms with Crippen molar-refractivity contribution in [1.29, 1.82) is 0 Å². The largest absolute Gasteiger partial charge is 0.418 e. The number of alkyl halides is 3. The number of piperidine rings is 1. The predicted octanol–water partition coefficient (Wildman–Crippen LogP) is 4.09. The zero-order chi connectivity index (χ0) is 25.2. The van der Waals surface area contributed by atoms with Gasteiger partial charge in [-0.2, -0.15) is 13.2 Å². The number of benzene rings is 2. The number of carbonyl (C=O) groups is 2. The summed E-state index contributed by atoms with van der Waals surface area (Å²) in [5, 5.41) is 2.48. The van der Waals surface area contributed by atoms with Crippen molar-refractivity contribution in [3.63, 3.8) is 0 Å². The summed E-state index contributed by atoms with van der Waals surface area (Å²) in [7, 11) is 1.97. The lowest BCUT2D eigenvalue weighted by atomic mass is 9.95. The summed E-state index contributed by atoms with van der Waals surface area (Å²) in [5.74, 6) is -1.70. The highest BCUT2D eigenvalue weighted by molar-refractivity contribution is 5.95. The second-order valence-electron chi connectivity index (χ2n) is 9.08. The highest BCUT2D eigenvalue weighted by atomic mass is 19.4. The molecule has 1 N–H and O–H groups in total. The van der Waals surface area contributed by atoms with Crippen LogP contribution >= 0.6 is 0 Å². The van der Waals surface area contributed by atoms with Gasteiger partial charge in [-0.05, 0) is 62.4 Å². The number of anilines is 2. The van der Waals surface area contributed by atoms with Gasteiger partial charge in [0.15, 0.2) is 0 Å². The molecule has 35 heavy (non-hydrogen) atoms. The van der Waals surface area contributed by atoms with E-state index in [9.17, 15) is 27.2 Å². The van der Waals surface area contributed by atoms with Gasteiger partial charge in [0.1, 0.15) is 5.82 Å². The summed E-state index contributed by atoms with van der Waals surface area (Å²) < 4.78 is 54.6. The Labute approximate surface area is 201 Å². The van der Waals surface area contributed by atoms with E-state index >= 15 is 0 Å². The Kier molecular flexibility index (Phi) is 7.30. The first kappa shape index (κ1) is 25.0. The van der Waals surface area contributed by atoms with Gasteiger partial charge in [-0.15, -0.1) is 0 Å². The number of nitrogens with zero attached hydrogens (tertiary/aromatic N) is 3. The van der Waals surface area contributed by atoms with Crippen LogP contribution in [0.25, 0.3) is 0 Å². The number of amides is 2. The number of nitrogens with one attached hydrogen (secondary N) is 1. The fourth-order valence-electron chi connectivity index (χ4n) is 4.49. The normalized spacial score (nSPS) is 18.0. The number of piperazine rings is 1. The molecule has 6 nitrogen and oxygen atoms in total. The molecule has 2 aliphatic heterocycles. The second-order valence-corrected chi connectivity index (χ2v) is 9.08. The minimum Gasteiger partial charge on any atom is -0.369 e. The molecule has 2 aromatic carbocycles. The maximum Gasteiger partial charge on any atom is 0.418 e. The van der Waals surface area contributed by atoms with Gasteiger partial charge in [0.05, 0.1) is 11.3 Å². The van der Waals surface area contributed by atoms with Crippen molar-refractivity contribution in [2.24, 2.45) is 5.92 Å². The molecule has 0 radical (unpaired) electrons. The molecule has 2 aromatic rings. The van der Waals surface area contributed by atoms with Crippen LogP contribution in [0.1, 0.15) is 28.8 Å². The van der Waals surface area contributed by atoms with E-state index in [1.54, 1.807) is 11.0 Å². The molecule has 0 saturated carbocycles. The summed E-state index contributed by atoms with van der Waals surface area (Å²) >= 11 is 0. The van der Waals surface area contributed by atoms with E-state index in [1.165, 1.54) is 30.3 Å². The molecule has 4 rings (SSSR count). The molecule has 0 aliphatic carbocycles. The SMILES string of the molecule is CN1CCN(c2ccc(NC(=O)C3CCN(C(=O)c4ccc(F)cc4)CC3)c(C(F)(F)F)c2)CC1. The number of halogens is 4. The molecular weight excluding hydrogens is 464 g/mol. The molecule has 2 heterocycles. The van der Waals surface area contributed by atoms with Gasteiger partial charge in [-0.25, -0.2) is 4.39 Å². The Hall–Kier alpha value is -3.14. The van der Waals surface area contributed by atoms with E-state index in [-0.39, 0.29) is 11.6 Å². The quantitative estimate of drug-likeness (QED) is 0.654. The fourth-order valence-corrected chi connectivity index (χ4v) is 4.49. The van der Waals surface area contributed by atoms with Crippen LogP contribution in [0.3, 0.4) is 0 Å². The van der Waals surface area contributed by atoms with Crippen LogP contribution in [0.5, 0.6) is 0 Å². The number of hydrogen-bond acceptors (Lipinski definition) is 4. The Balaban J connectivity index is 1.40. The number of likely N-dealkylation sites (tertiary alicyclic amines) is 1. The zero-order valence-electron chi connectivity index (χ0n) is 19.4. The van der Waals surface area contributed by atoms with Gasteiger partial charge in [0.2, 0.25) is 5.91 Å². The van der Waals surface area contributed by atoms with Gasteiger partial charge in [-0.3, -0.25) is 9.59 Å². The van der Waals surface area contributed by atoms with E-state index in [4.69, 9.17) is 0 Å². The average Bonchev–Trinajstić information content (AvgIpc) is 2.84. The molecule has 0 unspecified atom stereocenters. The molecule has 0 atom stereocenters. The first-order valence-corrected chi connectivity index (χ1v) is 11.6. The van der Waals surface area contributed by atoms with E-state index in [2.05, 4.69) is 10.2 Å². The first-order valence-electron chi connectivity index (χ1n) is 11.6. The maximum atomic E-state index is 13.8. The van der Waals surface area contributed by atoms with Crippen LogP contribution in [0.2, 0.25) is 0 Å². The smallest absolute Gasteiger partial charge is 0.369 e. The van der Waals surface area contributed by atoms with E-state index < -0.39 is 29.4 Å². The highest BCUT2D eigenvalue weighted by Crippen LogP contribution is 2.38. The molecule has 2 saturated heterocycles. The van der Waals surface area contributed by atoms with Crippen molar-refractivity contribution in [2.75, 3.05) is 56.5 Å². The Morgan fingerprint density at radius 3 is 2.14 bits per heavy atom. The molecule has 188 valence electrons. The summed E-state index contributed by atoms with van der Waals surface area (Å²) in [6, 6.07) is 9.26.